The summed E-state index contributed by atoms with van der Waals surface area (Å²) in [5.41, 5.74) is 1.84. The van der Waals surface area contributed by atoms with E-state index in [0.717, 1.165) is 17.7 Å². The number of amides is 1. The van der Waals surface area contributed by atoms with E-state index in [1.54, 1.807) is 20.0 Å². The van der Waals surface area contributed by atoms with Gasteiger partial charge in [0, 0.05) is 11.8 Å². The zero-order valence-electron chi connectivity index (χ0n) is 15.5. The minimum Gasteiger partial charge on any atom is -0.390 e. The van der Waals surface area contributed by atoms with Crippen LogP contribution in [-0.4, -0.2) is 21.6 Å². The summed E-state index contributed by atoms with van der Waals surface area (Å²) >= 11 is 0. The Kier molecular flexibility index (Phi) is 6.32. The lowest BCUT2D eigenvalue weighted by molar-refractivity contribution is 0.0714. The second kappa shape index (κ2) is 8.26. The monoisotopic (exact) mass is 340 g/mol. The molecular weight excluding hydrogens is 312 g/mol. The number of benzene rings is 1. The summed E-state index contributed by atoms with van der Waals surface area (Å²) in [6, 6.07) is 13.2. The van der Waals surface area contributed by atoms with E-state index in [-0.39, 0.29) is 17.9 Å². The summed E-state index contributed by atoms with van der Waals surface area (Å²) in [7, 11) is 0. The lowest BCUT2D eigenvalue weighted by Gasteiger charge is -2.22. The molecule has 0 bridgehead atoms. The van der Waals surface area contributed by atoms with Crippen LogP contribution in [0.25, 0.3) is 0 Å². The zero-order valence-corrected chi connectivity index (χ0v) is 15.5. The van der Waals surface area contributed by atoms with Gasteiger partial charge in [0.2, 0.25) is 0 Å². The number of aryl methyl sites for hydroxylation is 1. The molecule has 1 atom stereocenters. The van der Waals surface area contributed by atoms with Crippen molar-refractivity contribution in [1.29, 1.82) is 0 Å². The molecule has 25 heavy (non-hydrogen) atoms. The van der Waals surface area contributed by atoms with E-state index in [1.165, 1.54) is 0 Å². The van der Waals surface area contributed by atoms with Gasteiger partial charge in [-0.2, -0.15) is 0 Å². The first-order valence-corrected chi connectivity index (χ1v) is 8.79. The Bertz CT molecular complexity index is 691. The fraction of sp³-hybridized carbons (Fsp3) is 0.429. The van der Waals surface area contributed by atoms with Crippen molar-refractivity contribution in [3.63, 3.8) is 0 Å². The number of hydrogen-bond acceptors (Lipinski definition) is 3. The van der Waals surface area contributed by atoms with Gasteiger partial charge < -0.3 is 10.4 Å². The molecule has 0 aliphatic rings. The Balaban J connectivity index is 2.11. The minimum absolute atomic E-state index is 0.102. The molecule has 2 N–H and O–H groups in total. The number of aliphatic hydroxyl groups is 1. The summed E-state index contributed by atoms with van der Waals surface area (Å²) in [6.07, 6.45) is 3.13. The third-order valence-corrected chi connectivity index (χ3v) is 4.17. The Hall–Kier alpha value is -2.20. The van der Waals surface area contributed by atoms with Crippen LogP contribution in [0.4, 0.5) is 0 Å². The van der Waals surface area contributed by atoms with Gasteiger partial charge in [-0.3, -0.25) is 9.78 Å². The SMILES string of the molecule is CC(C)[C@@H](NC(=O)c1cccc(CCC(C)(C)O)c1)c1ccccn1. The standard InChI is InChI=1S/C21H28N2O2/c1-15(2)19(18-10-5-6-13-22-18)23-20(24)17-9-7-8-16(14-17)11-12-21(3,4)25/h5-10,13-15,19,25H,11-12H2,1-4H3,(H,23,24)/t19-/m1/s1. The molecule has 4 heteroatoms. The molecule has 2 rings (SSSR count). The first kappa shape index (κ1) is 19.1. The number of carbonyl (C=O) groups is 1. The second-order valence-corrected chi connectivity index (χ2v) is 7.46. The Morgan fingerprint density at radius 2 is 1.96 bits per heavy atom. The van der Waals surface area contributed by atoms with E-state index in [2.05, 4.69) is 24.1 Å². The number of nitrogens with one attached hydrogen (secondary N) is 1. The van der Waals surface area contributed by atoms with Crippen molar-refractivity contribution in [3.05, 3.63) is 65.5 Å². The van der Waals surface area contributed by atoms with Gasteiger partial charge in [-0.25, -0.2) is 0 Å². The third kappa shape index (κ3) is 5.98. The van der Waals surface area contributed by atoms with Crippen molar-refractivity contribution in [2.75, 3.05) is 0 Å². The minimum atomic E-state index is -0.708. The predicted molar refractivity (Wildman–Crippen MR) is 100 cm³/mol. The van der Waals surface area contributed by atoms with Crippen molar-refractivity contribution in [1.82, 2.24) is 10.3 Å². The number of rotatable bonds is 7. The highest BCUT2D eigenvalue weighted by atomic mass is 16.3. The molecule has 2 aromatic rings. The average molecular weight is 340 g/mol. The second-order valence-electron chi connectivity index (χ2n) is 7.46. The highest BCUT2D eigenvalue weighted by molar-refractivity contribution is 5.94. The highest BCUT2D eigenvalue weighted by Gasteiger charge is 2.20. The van der Waals surface area contributed by atoms with Crippen LogP contribution >= 0.6 is 0 Å². The Labute approximate surface area is 150 Å². The molecule has 0 unspecified atom stereocenters. The predicted octanol–water partition coefficient (Wildman–Crippen LogP) is 3.91. The lowest BCUT2D eigenvalue weighted by atomic mass is 9.97. The number of pyridine rings is 1. The maximum Gasteiger partial charge on any atom is 0.251 e. The van der Waals surface area contributed by atoms with Gasteiger partial charge in [-0.05, 0) is 62.4 Å². The van der Waals surface area contributed by atoms with Crippen LogP contribution < -0.4 is 5.32 Å². The van der Waals surface area contributed by atoms with Crippen LogP contribution in [0.5, 0.6) is 0 Å². The van der Waals surface area contributed by atoms with Crippen molar-refractivity contribution in [2.45, 2.75) is 52.2 Å². The highest BCUT2D eigenvalue weighted by Crippen LogP contribution is 2.20. The molecule has 0 radical (unpaired) electrons. The quantitative estimate of drug-likeness (QED) is 0.803. The topological polar surface area (TPSA) is 62.2 Å². The Morgan fingerprint density at radius 1 is 1.20 bits per heavy atom. The summed E-state index contributed by atoms with van der Waals surface area (Å²) in [4.78, 5) is 17.1. The maximum absolute atomic E-state index is 12.7. The smallest absolute Gasteiger partial charge is 0.251 e. The van der Waals surface area contributed by atoms with Crippen LogP contribution in [0.1, 0.15) is 61.8 Å². The van der Waals surface area contributed by atoms with E-state index in [0.29, 0.717) is 12.0 Å². The number of carbonyl (C=O) groups excluding carboxylic acids is 1. The van der Waals surface area contributed by atoms with Crippen LogP contribution in [0.3, 0.4) is 0 Å². The van der Waals surface area contributed by atoms with E-state index < -0.39 is 5.60 Å². The van der Waals surface area contributed by atoms with Crippen molar-refractivity contribution in [2.24, 2.45) is 5.92 Å². The molecule has 0 aliphatic carbocycles. The van der Waals surface area contributed by atoms with Gasteiger partial charge in [0.15, 0.2) is 0 Å². The first-order chi connectivity index (χ1) is 11.8. The largest absolute Gasteiger partial charge is 0.390 e. The molecule has 0 saturated heterocycles. The number of nitrogens with zero attached hydrogens (tertiary/aromatic N) is 1. The summed E-state index contributed by atoms with van der Waals surface area (Å²) < 4.78 is 0. The number of aromatic nitrogens is 1. The average Bonchev–Trinajstić information content (AvgIpc) is 2.58. The lowest BCUT2D eigenvalue weighted by Crippen LogP contribution is -2.32. The van der Waals surface area contributed by atoms with Crippen molar-refractivity contribution >= 4 is 5.91 Å². The zero-order chi connectivity index (χ0) is 18.4. The van der Waals surface area contributed by atoms with Gasteiger partial charge in [0.25, 0.3) is 5.91 Å². The van der Waals surface area contributed by atoms with E-state index in [1.807, 2.05) is 42.5 Å². The molecule has 134 valence electrons. The van der Waals surface area contributed by atoms with E-state index in [4.69, 9.17) is 0 Å². The van der Waals surface area contributed by atoms with Gasteiger partial charge in [0.1, 0.15) is 0 Å². The molecule has 1 aromatic heterocycles. The van der Waals surface area contributed by atoms with Crippen LogP contribution in [0.15, 0.2) is 48.7 Å². The maximum atomic E-state index is 12.7. The molecule has 0 saturated carbocycles. The van der Waals surface area contributed by atoms with Gasteiger partial charge >= 0.3 is 0 Å². The molecule has 4 nitrogen and oxygen atoms in total. The summed E-state index contributed by atoms with van der Waals surface area (Å²) in [6.45, 7) is 7.73. The molecular formula is C21H28N2O2. The van der Waals surface area contributed by atoms with Gasteiger partial charge in [0.05, 0.1) is 17.3 Å². The molecule has 0 aliphatic heterocycles. The third-order valence-electron chi connectivity index (χ3n) is 4.17. The van der Waals surface area contributed by atoms with Gasteiger partial charge in [-0.1, -0.05) is 32.0 Å². The first-order valence-electron chi connectivity index (χ1n) is 8.79. The fourth-order valence-electron chi connectivity index (χ4n) is 2.68. The molecule has 0 fully saturated rings. The van der Waals surface area contributed by atoms with Crippen LogP contribution in [-0.2, 0) is 6.42 Å². The molecule has 0 spiro atoms. The van der Waals surface area contributed by atoms with Crippen LogP contribution in [0.2, 0.25) is 0 Å². The summed E-state index contributed by atoms with van der Waals surface area (Å²) in [5.74, 6) is 0.131. The molecule has 1 aromatic carbocycles. The Morgan fingerprint density at radius 3 is 2.56 bits per heavy atom. The van der Waals surface area contributed by atoms with Gasteiger partial charge in [-0.15, -0.1) is 0 Å². The van der Waals surface area contributed by atoms with E-state index >= 15 is 0 Å². The normalized spacial score (nSPS) is 12.9. The molecule has 1 amide bonds. The van der Waals surface area contributed by atoms with Crippen LogP contribution in [0, 0.1) is 5.92 Å². The van der Waals surface area contributed by atoms with E-state index in [9.17, 15) is 9.90 Å². The fourth-order valence-corrected chi connectivity index (χ4v) is 2.68. The number of hydrogen-bond donors (Lipinski definition) is 2. The van der Waals surface area contributed by atoms with Crippen molar-refractivity contribution in [3.8, 4) is 0 Å². The molecule has 1 heterocycles. The van der Waals surface area contributed by atoms with Crippen molar-refractivity contribution < 1.29 is 9.90 Å². The summed E-state index contributed by atoms with van der Waals surface area (Å²) in [5, 5.41) is 13.0.